The van der Waals surface area contributed by atoms with E-state index < -0.39 is 0 Å². The summed E-state index contributed by atoms with van der Waals surface area (Å²) in [6, 6.07) is 4.05. The Bertz CT molecular complexity index is 546. The van der Waals surface area contributed by atoms with Crippen molar-refractivity contribution in [3.05, 3.63) is 22.4 Å². The van der Waals surface area contributed by atoms with E-state index in [0.29, 0.717) is 19.5 Å². The maximum Gasteiger partial charge on any atom is 0.264 e. The number of likely N-dealkylation sites (tertiary alicyclic amines) is 1. The van der Waals surface area contributed by atoms with Crippen LogP contribution in [0.15, 0.2) is 17.5 Å². The highest BCUT2D eigenvalue weighted by molar-refractivity contribution is 7.27. The summed E-state index contributed by atoms with van der Waals surface area (Å²) in [6.45, 7) is 3.32. The molecule has 2 unspecified atom stereocenters. The van der Waals surface area contributed by atoms with Crippen LogP contribution in [0.3, 0.4) is 0 Å². The first-order valence-electron chi connectivity index (χ1n) is 6.09. The van der Waals surface area contributed by atoms with Gasteiger partial charge in [0, 0.05) is 22.5 Å². The summed E-state index contributed by atoms with van der Waals surface area (Å²) < 4.78 is 2.38. The first-order valence-corrected chi connectivity index (χ1v) is 7.79. The van der Waals surface area contributed by atoms with Crippen LogP contribution in [0, 0.1) is 5.92 Å². The number of fused-ring (bicyclic) bond motifs is 1. The Hall–Kier alpha value is -0.910. The fourth-order valence-electron chi connectivity index (χ4n) is 2.34. The molecule has 2 aromatic heterocycles. The standard InChI is InChI=1S/C13H15NO2S2/c1-8-7-14(4-2-9(8)15)13(16)12-6-11-10(18-12)3-5-17-11/h3,5-6,8-9,15H,2,4,7H2,1H3. The molecule has 0 bridgehead atoms. The van der Waals surface area contributed by atoms with Gasteiger partial charge in [0.05, 0.1) is 11.0 Å². The first-order chi connectivity index (χ1) is 8.65. The number of nitrogens with zero attached hydrogens (tertiary/aromatic N) is 1. The summed E-state index contributed by atoms with van der Waals surface area (Å²) in [4.78, 5) is 15.1. The zero-order valence-electron chi connectivity index (χ0n) is 10.1. The second-order valence-electron chi connectivity index (χ2n) is 4.84. The highest BCUT2D eigenvalue weighted by Crippen LogP contribution is 2.31. The fourth-order valence-corrected chi connectivity index (χ4v) is 4.42. The Morgan fingerprint density at radius 2 is 2.33 bits per heavy atom. The van der Waals surface area contributed by atoms with Crippen molar-refractivity contribution in [2.75, 3.05) is 13.1 Å². The topological polar surface area (TPSA) is 40.5 Å². The second kappa shape index (κ2) is 4.64. The van der Waals surface area contributed by atoms with Gasteiger partial charge < -0.3 is 10.0 Å². The van der Waals surface area contributed by atoms with Crippen LogP contribution in [0.1, 0.15) is 23.0 Å². The third kappa shape index (κ3) is 2.06. The number of hydrogen-bond acceptors (Lipinski definition) is 4. The third-order valence-corrected chi connectivity index (χ3v) is 5.58. The molecule has 1 aliphatic rings. The molecular weight excluding hydrogens is 266 g/mol. The lowest BCUT2D eigenvalue weighted by molar-refractivity contribution is 0.0300. The predicted octanol–water partition coefficient (Wildman–Crippen LogP) is 2.81. The van der Waals surface area contributed by atoms with Gasteiger partial charge >= 0.3 is 0 Å². The molecule has 0 radical (unpaired) electrons. The van der Waals surface area contributed by atoms with Crippen LogP contribution in [0.5, 0.6) is 0 Å². The molecule has 0 spiro atoms. The van der Waals surface area contributed by atoms with Crippen LogP contribution in [0.25, 0.3) is 9.40 Å². The van der Waals surface area contributed by atoms with Crippen molar-refractivity contribution in [1.29, 1.82) is 0 Å². The summed E-state index contributed by atoms with van der Waals surface area (Å²) >= 11 is 3.24. The van der Waals surface area contributed by atoms with E-state index in [-0.39, 0.29) is 17.9 Å². The smallest absolute Gasteiger partial charge is 0.264 e. The molecule has 1 fully saturated rings. The second-order valence-corrected chi connectivity index (χ2v) is 6.88. The van der Waals surface area contributed by atoms with Gasteiger partial charge in [-0.15, -0.1) is 22.7 Å². The van der Waals surface area contributed by atoms with Crippen LogP contribution >= 0.6 is 22.7 Å². The molecule has 3 nitrogen and oxygen atoms in total. The lowest BCUT2D eigenvalue weighted by atomic mass is 9.97. The maximum atomic E-state index is 12.4. The van der Waals surface area contributed by atoms with E-state index in [0.717, 1.165) is 4.88 Å². The van der Waals surface area contributed by atoms with Crippen molar-refractivity contribution in [2.45, 2.75) is 19.4 Å². The van der Waals surface area contributed by atoms with Crippen LogP contribution in [0.2, 0.25) is 0 Å². The molecule has 1 N–H and O–H groups in total. The molecule has 3 rings (SSSR count). The van der Waals surface area contributed by atoms with Crippen molar-refractivity contribution < 1.29 is 9.90 Å². The minimum atomic E-state index is -0.263. The quantitative estimate of drug-likeness (QED) is 0.873. The zero-order valence-corrected chi connectivity index (χ0v) is 11.8. The molecule has 0 saturated carbocycles. The van der Waals surface area contributed by atoms with Crippen LogP contribution < -0.4 is 0 Å². The molecule has 2 atom stereocenters. The van der Waals surface area contributed by atoms with E-state index in [1.54, 1.807) is 22.7 Å². The molecule has 0 aliphatic carbocycles. The molecule has 2 aromatic rings. The summed E-state index contributed by atoms with van der Waals surface area (Å²) in [6.07, 6.45) is 0.424. The Labute approximate surface area is 114 Å². The number of aliphatic hydroxyl groups is 1. The van der Waals surface area contributed by atoms with Crippen molar-refractivity contribution in [1.82, 2.24) is 4.90 Å². The minimum Gasteiger partial charge on any atom is -0.393 e. The van der Waals surface area contributed by atoms with Crippen molar-refractivity contribution >= 4 is 38.0 Å². The number of amides is 1. The summed E-state index contributed by atoms with van der Waals surface area (Å²) in [7, 11) is 0. The number of rotatable bonds is 1. The van der Waals surface area contributed by atoms with E-state index in [1.807, 2.05) is 17.9 Å². The normalized spacial score (nSPS) is 24.7. The molecule has 18 heavy (non-hydrogen) atoms. The molecule has 3 heterocycles. The largest absolute Gasteiger partial charge is 0.393 e. The Kier molecular flexibility index (Phi) is 3.13. The number of piperidine rings is 1. The van der Waals surface area contributed by atoms with E-state index in [1.165, 1.54) is 9.40 Å². The maximum absolute atomic E-state index is 12.4. The van der Waals surface area contributed by atoms with Gasteiger partial charge in [0.15, 0.2) is 0 Å². The van der Waals surface area contributed by atoms with Crippen molar-refractivity contribution in [3.63, 3.8) is 0 Å². The Balaban J connectivity index is 1.80. The first kappa shape index (κ1) is 12.1. The summed E-state index contributed by atoms with van der Waals surface area (Å²) in [5.74, 6) is 0.283. The monoisotopic (exact) mass is 281 g/mol. The molecule has 1 aliphatic heterocycles. The number of thiophene rings is 2. The van der Waals surface area contributed by atoms with Gasteiger partial charge in [-0.3, -0.25) is 4.79 Å². The minimum absolute atomic E-state index is 0.113. The average Bonchev–Trinajstić information content (AvgIpc) is 2.92. The van der Waals surface area contributed by atoms with Gasteiger partial charge in [-0.05, 0) is 29.9 Å². The van der Waals surface area contributed by atoms with Gasteiger partial charge in [0.2, 0.25) is 0 Å². The molecule has 1 saturated heterocycles. The zero-order chi connectivity index (χ0) is 12.7. The lowest BCUT2D eigenvalue weighted by Gasteiger charge is -2.34. The van der Waals surface area contributed by atoms with Crippen molar-refractivity contribution in [3.8, 4) is 0 Å². The number of carbonyl (C=O) groups is 1. The van der Waals surface area contributed by atoms with E-state index >= 15 is 0 Å². The SMILES string of the molecule is CC1CN(C(=O)c2cc3sccc3s2)CCC1O. The average molecular weight is 281 g/mol. The van der Waals surface area contributed by atoms with Crippen LogP contribution in [0.4, 0.5) is 0 Å². The molecule has 1 amide bonds. The lowest BCUT2D eigenvalue weighted by Crippen LogP contribution is -2.44. The van der Waals surface area contributed by atoms with E-state index in [4.69, 9.17) is 0 Å². The number of carbonyl (C=O) groups excluding carboxylic acids is 1. The molecule has 0 aromatic carbocycles. The Morgan fingerprint density at radius 1 is 1.50 bits per heavy atom. The molecular formula is C13H15NO2S2. The van der Waals surface area contributed by atoms with Gasteiger partial charge in [0.1, 0.15) is 0 Å². The molecule has 5 heteroatoms. The third-order valence-electron chi connectivity index (χ3n) is 3.50. The fraction of sp³-hybridized carbons (Fsp3) is 0.462. The van der Waals surface area contributed by atoms with Gasteiger partial charge in [-0.25, -0.2) is 0 Å². The summed E-state index contributed by atoms with van der Waals surface area (Å²) in [5.41, 5.74) is 0. The van der Waals surface area contributed by atoms with E-state index in [2.05, 4.69) is 11.4 Å². The number of aliphatic hydroxyl groups excluding tert-OH is 1. The number of hydrogen-bond donors (Lipinski definition) is 1. The Morgan fingerprint density at radius 3 is 3.06 bits per heavy atom. The predicted molar refractivity (Wildman–Crippen MR) is 75.4 cm³/mol. The highest BCUT2D eigenvalue weighted by Gasteiger charge is 2.28. The van der Waals surface area contributed by atoms with Crippen molar-refractivity contribution in [2.24, 2.45) is 5.92 Å². The van der Waals surface area contributed by atoms with Gasteiger partial charge in [-0.1, -0.05) is 6.92 Å². The molecule has 96 valence electrons. The van der Waals surface area contributed by atoms with E-state index in [9.17, 15) is 9.90 Å². The van der Waals surface area contributed by atoms with Crippen LogP contribution in [-0.2, 0) is 0 Å². The summed E-state index contributed by atoms with van der Waals surface area (Å²) in [5, 5.41) is 11.7. The highest BCUT2D eigenvalue weighted by atomic mass is 32.1. The van der Waals surface area contributed by atoms with Gasteiger partial charge in [-0.2, -0.15) is 0 Å². The van der Waals surface area contributed by atoms with Crippen LogP contribution in [-0.4, -0.2) is 35.1 Å². The van der Waals surface area contributed by atoms with Gasteiger partial charge in [0.25, 0.3) is 5.91 Å².